The highest BCUT2D eigenvalue weighted by Crippen LogP contribution is 2.23. The first-order valence-corrected chi connectivity index (χ1v) is 7.74. The number of allylic oxidation sites excluding steroid dienone is 1. The molecular weight excluding hydrogens is 293 g/mol. The van der Waals surface area contributed by atoms with Crippen molar-refractivity contribution >= 4 is 22.7 Å². The molecule has 1 heterocycles. The van der Waals surface area contributed by atoms with Crippen molar-refractivity contribution in [1.82, 2.24) is 10.1 Å². The maximum Gasteiger partial charge on any atom is 0.258 e. The van der Waals surface area contributed by atoms with Gasteiger partial charge in [0.1, 0.15) is 11.5 Å². The summed E-state index contributed by atoms with van der Waals surface area (Å²) >= 11 is 0. The number of aromatic nitrogens is 2. The first-order chi connectivity index (χ1) is 10.0. The molecule has 1 aromatic carbocycles. The van der Waals surface area contributed by atoms with Crippen molar-refractivity contribution in [2.24, 2.45) is 4.99 Å². The van der Waals surface area contributed by atoms with E-state index in [0.29, 0.717) is 22.0 Å². The minimum absolute atomic E-state index is 0.154. The molecule has 110 valence electrons. The molecule has 1 aromatic heterocycles. The number of hydrogen-bond donors (Lipinski definition) is 0. The van der Waals surface area contributed by atoms with E-state index in [-0.39, 0.29) is 5.89 Å². The van der Waals surface area contributed by atoms with Crippen LogP contribution in [0.25, 0.3) is 17.2 Å². The largest absolute Gasteiger partial charge is 0.334 e. The third-order valence-electron chi connectivity index (χ3n) is 2.65. The van der Waals surface area contributed by atoms with Crippen molar-refractivity contribution in [3.63, 3.8) is 0 Å². The van der Waals surface area contributed by atoms with Crippen LogP contribution in [-0.2, 0) is 10.8 Å². The first kappa shape index (κ1) is 15.2. The summed E-state index contributed by atoms with van der Waals surface area (Å²) < 4.78 is 30.2. The number of hydrogen-bond acceptors (Lipinski definition) is 5. The lowest BCUT2D eigenvalue weighted by molar-refractivity contribution is 0.427. The molecule has 5 nitrogen and oxygen atoms in total. The molecule has 0 saturated heterocycles. The van der Waals surface area contributed by atoms with Crippen LogP contribution in [0, 0.1) is 5.82 Å². The van der Waals surface area contributed by atoms with Gasteiger partial charge in [0.15, 0.2) is 0 Å². The zero-order chi connectivity index (χ0) is 15.4. The minimum atomic E-state index is -1.29. The van der Waals surface area contributed by atoms with Gasteiger partial charge in [0.05, 0.1) is 0 Å². The maximum atomic E-state index is 13.6. The van der Waals surface area contributed by atoms with Crippen molar-refractivity contribution in [3.8, 4) is 11.5 Å². The molecular formula is C14H14FN3O2S. The van der Waals surface area contributed by atoms with Gasteiger partial charge >= 0.3 is 0 Å². The van der Waals surface area contributed by atoms with E-state index in [9.17, 15) is 8.60 Å². The van der Waals surface area contributed by atoms with Crippen LogP contribution in [0.15, 0.2) is 38.7 Å². The standard InChI is InChI=1S/C14H14FN3O2S/c1-4-12(16-5-2)13-17-14(20-18-13)9-6-10(15)8-11(7-9)21(3)19/h4-8H,1-3H3/b12-4-,16-5?. The molecule has 2 rings (SSSR count). The SMILES string of the molecule is CC=N/C(=C\C)c1noc(-c2cc(F)cc(S(C)=O)c2)n1. The van der Waals surface area contributed by atoms with Gasteiger partial charge in [-0.05, 0) is 32.0 Å². The van der Waals surface area contributed by atoms with Crippen molar-refractivity contribution < 1.29 is 13.1 Å². The zero-order valence-corrected chi connectivity index (χ0v) is 12.6. The van der Waals surface area contributed by atoms with Gasteiger partial charge in [-0.2, -0.15) is 4.98 Å². The minimum Gasteiger partial charge on any atom is -0.334 e. The van der Waals surface area contributed by atoms with E-state index >= 15 is 0 Å². The van der Waals surface area contributed by atoms with Gasteiger partial charge in [-0.1, -0.05) is 11.2 Å². The molecule has 0 radical (unpaired) electrons. The molecule has 0 amide bonds. The summed E-state index contributed by atoms with van der Waals surface area (Å²) in [6, 6.07) is 4.04. The molecule has 2 aromatic rings. The summed E-state index contributed by atoms with van der Waals surface area (Å²) in [4.78, 5) is 8.66. The van der Waals surface area contributed by atoms with Gasteiger partial charge in [-0.3, -0.25) is 9.20 Å². The Kier molecular flexibility index (Phi) is 4.74. The van der Waals surface area contributed by atoms with Crippen molar-refractivity contribution in [1.29, 1.82) is 0 Å². The highest BCUT2D eigenvalue weighted by Gasteiger charge is 2.14. The van der Waals surface area contributed by atoms with Crippen LogP contribution in [0.4, 0.5) is 4.39 Å². The van der Waals surface area contributed by atoms with Crippen LogP contribution in [0.1, 0.15) is 19.7 Å². The van der Waals surface area contributed by atoms with Gasteiger partial charge in [-0.15, -0.1) is 0 Å². The van der Waals surface area contributed by atoms with Crippen LogP contribution < -0.4 is 0 Å². The monoisotopic (exact) mass is 307 g/mol. The fourth-order valence-electron chi connectivity index (χ4n) is 1.70. The van der Waals surface area contributed by atoms with E-state index < -0.39 is 16.6 Å². The predicted octanol–water partition coefficient (Wildman–Crippen LogP) is 3.06. The van der Waals surface area contributed by atoms with Gasteiger partial charge in [0.25, 0.3) is 5.89 Å². The maximum absolute atomic E-state index is 13.6. The second-order valence-corrected chi connectivity index (χ2v) is 5.49. The molecule has 0 aliphatic heterocycles. The Balaban J connectivity index is 2.44. The molecule has 1 atom stereocenters. The van der Waals surface area contributed by atoms with Crippen molar-refractivity contribution in [3.05, 3.63) is 35.9 Å². The quantitative estimate of drug-likeness (QED) is 0.814. The Hall–Kier alpha value is -2.15. The third-order valence-corrected chi connectivity index (χ3v) is 3.55. The summed E-state index contributed by atoms with van der Waals surface area (Å²) in [6.07, 6.45) is 4.84. The first-order valence-electron chi connectivity index (χ1n) is 6.18. The van der Waals surface area contributed by atoms with Gasteiger partial charge < -0.3 is 4.52 Å². The summed E-state index contributed by atoms with van der Waals surface area (Å²) in [7, 11) is -1.29. The average molecular weight is 307 g/mol. The van der Waals surface area contributed by atoms with Gasteiger partial charge in [0, 0.05) is 33.7 Å². The van der Waals surface area contributed by atoms with Crippen molar-refractivity contribution in [2.75, 3.05) is 6.26 Å². The Labute approximate surface area is 124 Å². The fourth-order valence-corrected chi connectivity index (χ4v) is 2.27. The van der Waals surface area contributed by atoms with Crippen LogP contribution in [0.5, 0.6) is 0 Å². The number of rotatable bonds is 4. The molecule has 1 unspecified atom stereocenters. The van der Waals surface area contributed by atoms with Gasteiger partial charge in [0.2, 0.25) is 5.82 Å². The second-order valence-electron chi connectivity index (χ2n) is 4.11. The Bertz CT molecular complexity index is 738. The van der Waals surface area contributed by atoms with Gasteiger partial charge in [-0.25, -0.2) is 4.39 Å². The van der Waals surface area contributed by atoms with Crippen molar-refractivity contribution in [2.45, 2.75) is 18.7 Å². The summed E-state index contributed by atoms with van der Waals surface area (Å²) in [6.45, 7) is 3.58. The van der Waals surface area contributed by atoms with Crippen LogP contribution in [-0.4, -0.2) is 26.8 Å². The highest BCUT2D eigenvalue weighted by molar-refractivity contribution is 7.84. The molecule has 0 fully saturated rings. The van der Waals surface area contributed by atoms with Crippen LogP contribution in [0.2, 0.25) is 0 Å². The number of halogens is 1. The molecule has 21 heavy (non-hydrogen) atoms. The molecule has 0 saturated carbocycles. The van der Waals surface area contributed by atoms with Crippen LogP contribution in [0.3, 0.4) is 0 Å². The lowest BCUT2D eigenvalue weighted by Gasteiger charge is -2.00. The molecule has 7 heteroatoms. The predicted molar refractivity (Wildman–Crippen MR) is 79.8 cm³/mol. The fraction of sp³-hybridized carbons (Fsp3) is 0.214. The molecule has 0 aliphatic carbocycles. The van der Waals surface area contributed by atoms with E-state index in [2.05, 4.69) is 15.1 Å². The number of aliphatic imine (C=N–C) groups is 1. The third kappa shape index (κ3) is 3.49. The normalized spacial score (nSPS) is 13.8. The lowest BCUT2D eigenvalue weighted by atomic mass is 10.2. The molecule has 0 N–H and O–H groups in total. The van der Waals surface area contributed by atoms with E-state index in [1.807, 2.05) is 0 Å². The number of benzene rings is 1. The number of nitrogens with zero attached hydrogens (tertiary/aromatic N) is 3. The van der Waals surface area contributed by atoms with E-state index in [1.165, 1.54) is 18.4 Å². The molecule has 0 spiro atoms. The average Bonchev–Trinajstić information content (AvgIpc) is 2.93. The summed E-state index contributed by atoms with van der Waals surface area (Å²) in [5.41, 5.74) is 0.943. The summed E-state index contributed by atoms with van der Waals surface area (Å²) in [5.74, 6) is -0.0360. The topological polar surface area (TPSA) is 68.3 Å². The Morgan fingerprint density at radius 1 is 1.38 bits per heavy atom. The van der Waals surface area contributed by atoms with Crippen LogP contribution >= 0.6 is 0 Å². The Morgan fingerprint density at radius 3 is 2.76 bits per heavy atom. The summed E-state index contributed by atoms with van der Waals surface area (Å²) in [5, 5.41) is 3.82. The molecule has 0 bridgehead atoms. The smallest absolute Gasteiger partial charge is 0.258 e. The Morgan fingerprint density at radius 2 is 2.14 bits per heavy atom. The second kappa shape index (κ2) is 6.53. The lowest BCUT2D eigenvalue weighted by Crippen LogP contribution is -1.91. The molecule has 0 aliphatic rings. The van der Waals surface area contributed by atoms with E-state index in [1.54, 1.807) is 32.2 Å². The highest BCUT2D eigenvalue weighted by atomic mass is 32.2. The van der Waals surface area contributed by atoms with E-state index in [4.69, 9.17) is 4.52 Å². The van der Waals surface area contributed by atoms with E-state index in [0.717, 1.165) is 0 Å². The zero-order valence-electron chi connectivity index (χ0n) is 11.8.